The van der Waals surface area contributed by atoms with Crippen LogP contribution in [-0.2, 0) is 19.8 Å². The van der Waals surface area contributed by atoms with Crippen molar-refractivity contribution in [3.05, 3.63) is 64.2 Å². The number of rotatable bonds is 6. The van der Waals surface area contributed by atoms with Crippen LogP contribution in [0.4, 0.5) is 0 Å². The van der Waals surface area contributed by atoms with Crippen LogP contribution in [0.2, 0.25) is 0 Å². The molecule has 0 bridgehead atoms. The summed E-state index contributed by atoms with van der Waals surface area (Å²) >= 11 is 0. The standard InChI is InChI=1S/C18H16O4/c1-2-13-7-16(10-20)18(17(8-13)11-21)22-12-15-5-3-14(9-19)4-6-15/h1,3-9,20-21H,10-12H2. The van der Waals surface area contributed by atoms with Crippen molar-refractivity contribution in [3.8, 4) is 18.1 Å². The van der Waals surface area contributed by atoms with E-state index in [9.17, 15) is 15.0 Å². The van der Waals surface area contributed by atoms with E-state index in [4.69, 9.17) is 11.2 Å². The van der Waals surface area contributed by atoms with Gasteiger partial charge in [-0.2, -0.15) is 0 Å². The zero-order valence-electron chi connectivity index (χ0n) is 12.0. The van der Waals surface area contributed by atoms with Gasteiger partial charge in [0.25, 0.3) is 0 Å². The van der Waals surface area contributed by atoms with Gasteiger partial charge in [0.2, 0.25) is 0 Å². The van der Waals surface area contributed by atoms with Crippen LogP contribution in [0.25, 0.3) is 0 Å². The molecule has 0 aromatic heterocycles. The monoisotopic (exact) mass is 296 g/mol. The van der Waals surface area contributed by atoms with E-state index < -0.39 is 0 Å². The molecule has 0 unspecified atom stereocenters. The lowest BCUT2D eigenvalue weighted by atomic mass is 10.0. The van der Waals surface area contributed by atoms with Gasteiger partial charge < -0.3 is 14.9 Å². The van der Waals surface area contributed by atoms with E-state index in [1.54, 1.807) is 36.4 Å². The van der Waals surface area contributed by atoms with Crippen molar-refractivity contribution in [2.24, 2.45) is 0 Å². The van der Waals surface area contributed by atoms with Crippen LogP contribution in [-0.4, -0.2) is 16.5 Å². The number of ether oxygens (including phenoxy) is 1. The van der Waals surface area contributed by atoms with E-state index in [1.165, 1.54) is 0 Å². The summed E-state index contributed by atoms with van der Waals surface area (Å²) in [6.07, 6.45) is 6.13. The number of aldehydes is 1. The molecule has 0 amide bonds. The van der Waals surface area contributed by atoms with Crippen LogP contribution in [0, 0.1) is 12.3 Å². The molecule has 2 aromatic rings. The van der Waals surface area contributed by atoms with Crippen molar-refractivity contribution < 1.29 is 19.7 Å². The summed E-state index contributed by atoms with van der Waals surface area (Å²) in [5.74, 6) is 2.91. The molecule has 0 aliphatic rings. The smallest absolute Gasteiger partial charge is 0.150 e. The van der Waals surface area contributed by atoms with Gasteiger partial charge in [0.15, 0.2) is 0 Å². The Morgan fingerprint density at radius 3 is 2.14 bits per heavy atom. The fourth-order valence-corrected chi connectivity index (χ4v) is 2.11. The Bertz CT molecular complexity index is 671. The summed E-state index contributed by atoms with van der Waals surface area (Å²) in [4.78, 5) is 10.6. The lowest BCUT2D eigenvalue weighted by Gasteiger charge is -2.15. The molecule has 0 radical (unpaired) electrons. The molecule has 0 heterocycles. The Kier molecular flexibility index (Phi) is 5.31. The van der Waals surface area contributed by atoms with E-state index in [-0.39, 0.29) is 19.8 Å². The molecule has 2 aromatic carbocycles. The van der Waals surface area contributed by atoms with Gasteiger partial charge in [-0.15, -0.1) is 6.42 Å². The highest BCUT2D eigenvalue weighted by molar-refractivity contribution is 5.74. The highest BCUT2D eigenvalue weighted by Crippen LogP contribution is 2.27. The average molecular weight is 296 g/mol. The molecule has 22 heavy (non-hydrogen) atoms. The summed E-state index contributed by atoms with van der Waals surface area (Å²) in [7, 11) is 0. The summed E-state index contributed by atoms with van der Waals surface area (Å²) in [6, 6.07) is 10.3. The molecule has 0 saturated carbocycles. The number of carbonyl (C=O) groups is 1. The third-order valence-electron chi connectivity index (χ3n) is 3.25. The average Bonchev–Trinajstić information content (AvgIpc) is 2.59. The maximum atomic E-state index is 10.6. The second kappa shape index (κ2) is 7.41. The molecule has 2 rings (SSSR count). The minimum absolute atomic E-state index is 0.234. The lowest BCUT2D eigenvalue weighted by Crippen LogP contribution is -2.03. The maximum absolute atomic E-state index is 10.6. The number of carbonyl (C=O) groups excluding carboxylic acids is 1. The normalized spacial score (nSPS) is 10.0. The van der Waals surface area contributed by atoms with E-state index >= 15 is 0 Å². The summed E-state index contributed by atoms with van der Waals surface area (Å²) < 4.78 is 5.73. The van der Waals surface area contributed by atoms with Gasteiger partial charge in [0.1, 0.15) is 18.6 Å². The number of aliphatic hydroxyl groups excluding tert-OH is 2. The van der Waals surface area contributed by atoms with Crippen LogP contribution < -0.4 is 4.74 Å². The molecule has 0 spiro atoms. The highest BCUT2D eigenvalue weighted by atomic mass is 16.5. The molecule has 0 aliphatic heterocycles. The number of aliphatic hydroxyl groups is 2. The third-order valence-corrected chi connectivity index (χ3v) is 3.25. The summed E-state index contributed by atoms with van der Waals surface area (Å²) in [5, 5.41) is 18.9. The molecule has 4 heteroatoms. The minimum atomic E-state index is -0.234. The number of hydrogen-bond donors (Lipinski definition) is 2. The fraction of sp³-hybridized carbons (Fsp3) is 0.167. The Labute approximate surface area is 129 Å². The van der Waals surface area contributed by atoms with Crippen LogP contribution in [0.1, 0.15) is 32.6 Å². The van der Waals surface area contributed by atoms with E-state index in [1.807, 2.05) is 0 Å². The molecule has 4 nitrogen and oxygen atoms in total. The first-order chi connectivity index (χ1) is 10.7. The van der Waals surface area contributed by atoms with Gasteiger partial charge in [-0.25, -0.2) is 0 Å². The first kappa shape index (κ1) is 15.8. The largest absolute Gasteiger partial charge is 0.488 e. The summed E-state index contributed by atoms with van der Waals surface area (Å²) in [5.41, 5.74) is 3.11. The van der Waals surface area contributed by atoms with E-state index in [2.05, 4.69) is 5.92 Å². The van der Waals surface area contributed by atoms with Gasteiger partial charge >= 0.3 is 0 Å². The van der Waals surface area contributed by atoms with Crippen LogP contribution in [0.3, 0.4) is 0 Å². The van der Waals surface area contributed by atoms with Crippen LogP contribution >= 0.6 is 0 Å². The molecule has 0 atom stereocenters. The zero-order valence-corrected chi connectivity index (χ0v) is 12.0. The van der Waals surface area contributed by atoms with Crippen LogP contribution in [0.15, 0.2) is 36.4 Å². The number of benzene rings is 2. The van der Waals surface area contributed by atoms with Gasteiger partial charge in [-0.05, 0) is 17.7 Å². The predicted molar refractivity (Wildman–Crippen MR) is 82.4 cm³/mol. The van der Waals surface area contributed by atoms with Gasteiger partial charge in [0, 0.05) is 22.3 Å². The fourth-order valence-electron chi connectivity index (χ4n) is 2.11. The quantitative estimate of drug-likeness (QED) is 0.632. The van der Waals surface area contributed by atoms with E-state index in [0.717, 1.165) is 11.8 Å². The van der Waals surface area contributed by atoms with Crippen molar-refractivity contribution in [1.29, 1.82) is 0 Å². The Morgan fingerprint density at radius 2 is 1.68 bits per heavy atom. The number of hydrogen-bond acceptors (Lipinski definition) is 4. The van der Waals surface area contributed by atoms with Crippen molar-refractivity contribution in [1.82, 2.24) is 0 Å². The van der Waals surface area contributed by atoms with Crippen molar-refractivity contribution in [2.45, 2.75) is 19.8 Å². The first-order valence-corrected chi connectivity index (χ1v) is 6.73. The molecular formula is C18H16O4. The zero-order chi connectivity index (χ0) is 15.9. The topological polar surface area (TPSA) is 66.8 Å². The second-order valence-electron chi connectivity index (χ2n) is 4.73. The first-order valence-electron chi connectivity index (χ1n) is 6.73. The molecule has 2 N–H and O–H groups in total. The Morgan fingerprint density at radius 1 is 1.09 bits per heavy atom. The minimum Gasteiger partial charge on any atom is -0.488 e. The third kappa shape index (κ3) is 3.53. The number of terminal acetylenes is 1. The molecular weight excluding hydrogens is 280 g/mol. The SMILES string of the molecule is C#Cc1cc(CO)c(OCc2ccc(C=O)cc2)c(CO)c1. The van der Waals surface area contributed by atoms with E-state index in [0.29, 0.717) is 28.0 Å². The second-order valence-corrected chi connectivity index (χ2v) is 4.73. The predicted octanol–water partition coefficient (Wildman–Crippen LogP) is 2.04. The molecule has 0 saturated heterocycles. The molecule has 0 aliphatic carbocycles. The van der Waals surface area contributed by atoms with Gasteiger partial charge in [0.05, 0.1) is 13.2 Å². The van der Waals surface area contributed by atoms with Crippen molar-refractivity contribution in [3.63, 3.8) is 0 Å². The van der Waals surface area contributed by atoms with Crippen LogP contribution in [0.5, 0.6) is 5.75 Å². The Hall–Kier alpha value is -2.61. The molecule has 112 valence electrons. The molecule has 0 fully saturated rings. The Balaban J connectivity index is 2.24. The lowest BCUT2D eigenvalue weighted by molar-refractivity contribution is 0.112. The summed E-state index contributed by atoms with van der Waals surface area (Å²) in [6.45, 7) is -0.210. The van der Waals surface area contributed by atoms with Gasteiger partial charge in [-0.3, -0.25) is 4.79 Å². The van der Waals surface area contributed by atoms with Crippen molar-refractivity contribution in [2.75, 3.05) is 0 Å². The van der Waals surface area contributed by atoms with Gasteiger partial charge in [-0.1, -0.05) is 30.2 Å². The highest BCUT2D eigenvalue weighted by Gasteiger charge is 2.11. The maximum Gasteiger partial charge on any atom is 0.150 e. The van der Waals surface area contributed by atoms with Crippen molar-refractivity contribution >= 4 is 6.29 Å².